The molecule has 2 fully saturated rings. The maximum Gasteiger partial charge on any atom is 0.407 e. The number of likely N-dealkylation sites (tertiary alicyclic amines) is 1. The second kappa shape index (κ2) is 5.11. The normalized spacial score (nSPS) is 26.4. The third kappa shape index (κ3) is 2.56. The minimum Gasteiger partial charge on any atom is -0.481 e. The van der Waals surface area contributed by atoms with E-state index in [9.17, 15) is 9.59 Å². The minimum atomic E-state index is -0.777. The van der Waals surface area contributed by atoms with Crippen LogP contribution in [0.4, 0.5) is 4.79 Å². The summed E-state index contributed by atoms with van der Waals surface area (Å²) >= 11 is 0. The van der Waals surface area contributed by atoms with Crippen molar-refractivity contribution in [2.45, 2.75) is 24.4 Å². The van der Waals surface area contributed by atoms with Crippen molar-refractivity contribution in [2.75, 3.05) is 33.3 Å². The highest BCUT2D eigenvalue weighted by molar-refractivity contribution is 5.69. The third-order valence-corrected chi connectivity index (χ3v) is 3.75. The zero-order chi connectivity index (χ0) is 13.2. The minimum absolute atomic E-state index is 0.0451. The highest BCUT2D eigenvalue weighted by Crippen LogP contribution is 2.28. The Balaban J connectivity index is 1.90. The summed E-state index contributed by atoms with van der Waals surface area (Å²) in [5, 5.41) is 14.9. The Bertz CT molecular complexity index is 343. The lowest BCUT2D eigenvalue weighted by atomic mass is 9.87. The van der Waals surface area contributed by atoms with Crippen molar-refractivity contribution in [2.24, 2.45) is 0 Å². The summed E-state index contributed by atoms with van der Waals surface area (Å²) in [5.41, 5.74) is -0.279. The van der Waals surface area contributed by atoms with Crippen molar-refractivity contribution >= 4 is 12.1 Å². The van der Waals surface area contributed by atoms with Gasteiger partial charge < -0.3 is 20.5 Å². The van der Waals surface area contributed by atoms with Gasteiger partial charge in [0.1, 0.15) is 0 Å². The van der Waals surface area contributed by atoms with Crippen LogP contribution in [-0.4, -0.2) is 66.9 Å². The number of amides is 1. The van der Waals surface area contributed by atoms with Gasteiger partial charge in [-0.05, 0) is 6.42 Å². The van der Waals surface area contributed by atoms with Gasteiger partial charge in [0, 0.05) is 32.2 Å². The second-order valence-corrected chi connectivity index (χ2v) is 4.97. The van der Waals surface area contributed by atoms with Crippen LogP contribution in [0.3, 0.4) is 0 Å². The molecule has 102 valence electrons. The summed E-state index contributed by atoms with van der Waals surface area (Å²) in [6.07, 6.45) is 0.544. The first-order valence-electron chi connectivity index (χ1n) is 6.08. The maximum absolute atomic E-state index is 11.1. The summed E-state index contributed by atoms with van der Waals surface area (Å²) in [5.74, 6) is -0.777. The van der Waals surface area contributed by atoms with E-state index in [0.29, 0.717) is 19.6 Å². The number of carbonyl (C=O) groups excluding carboxylic acids is 1. The highest BCUT2D eigenvalue weighted by Gasteiger charge is 2.46. The average molecular weight is 257 g/mol. The molecule has 2 heterocycles. The molecule has 2 saturated heterocycles. The molecule has 3 N–H and O–H groups in total. The summed E-state index contributed by atoms with van der Waals surface area (Å²) in [6, 6.07) is 0.0451. The first-order chi connectivity index (χ1) is 8.55. The molecular weight excluding hydrogens is 238 g/mol. The van der Waals surface area contributed by atoms with Crippen molar-refractivity contribution in [1.29, 1.82) is 0 Å². The number of carboxylic acids is 1. The Kier molecular flexibility index (Phi) is 3.72. The maximum atomic E-state index is 11.1. The molecule has 0 aromatic heterocycles. The van der Waals surface area contributed by atoms with Crippen LogP contribution in [0.15, 0.2) is 0 Å². The standard InChI is InChI=1S/C11H19N3O4/c1-18-10(17)13-8-2-3-14(5-8)11(4-9(15)16)6-12-7-11/h8,12H,2-7H2,1H3,(H,13,17)(H,15,16). The van der Waals surface area contributed by atoms with Crippen LogP contribution in [0, 0.1) is 0 Å². The van der Waals surface area contributed by atoms with E-state index in [-0.39, 0.29) is 18.0 Å². The molecule has 7 nitrogen and oxygen atoms in total. The van der Waals surface area contributed by atoms with Crippen LogP contribution in [0.2, 0.25) is 0 Å². The molecule has 0 radical (unpaired) electrons. The Morgan fingerprint density at radius 2 is 2.28 bits per heavy atom. The Morgan fingerprint density at radius 1 is 1.56 bits per heavy atom. The van der Waals surface area contributed by atoms with Gasteiger partial charge in [-0.25, -0.2) is 4.79 Å². The molecule has 1 unspecified atom stereocenters. The molecule has 0 aromatic carbocycles. The first-order valence-corrected chi connectivity index (χ1v) is 6.08. The summed E-state index contributed by atoms with van der Waals surface area (Å²) in [6.45, 7) is 2.89. The van der Waals surface area contributed by atoms with Crippen LogP contribution < -0.4 is 10.6 Å². The number of hydrogen-bond acceptors (Lipinski definition) is 5. The van der Waals surface area contributed by atoms with E-state index in [1.807, 2.05) is 0 Å². The van der Waals surface area contributed by atoms with Crippen molar-refractivity contribution in [3.05, 3.63) is 0 Å². The fraction of sp³-hybridized carbons (Fsp3) is 0.818. The first kappa shape index (κ1) is 13.1. The molecule has 18 heavy (non-hydrogen) atoms. The van der Waals surface area contributed by atoms with Gasteiger partial charge in [-0.2, -0.15) is 0 Å². The number of rotatable bonds is 4. The van der Waals surface area contributed by atoms with Gasteiger partial charge in [0.15, 0.2) is 0 Å². The smallest absolute Gasteiger partial charge is 0.407 e. The van der Waals surface area contributed by atoms with Crippen LogP contribution in [0.5, 0.6) is 0 Å². The van der Waals surface area contributed by atoms with Gasteiger partial charge in [0.2, 0.25) is 0 Å². The number of methoxy groups -OCH3 is 1. The summed E-state index contributed by atoms with van der Waals surface area (Å²) < 4.78 is 4.56. The molecule has 2 aliphatic heterocycles. The molecule has 2 rings (SSSR count). The molecule has 0 saturated carbocycles. The van der Waals surface area contributed by atoms with E-state index < -0.39 is 12.1 Å². The largest absolute Gasteiger partial charge is 0.481 e. The summed E-state index contributed by atoms with van der Waals surface area (Å²) in [7, 11) is 1.34. The highest BCUT2D eigenvalue weighted by atomic mass is 16.5. The average Bonchev–Trinajstić information content (AvgIpc) is 2.71. The SMILES string of the molecule is COC(=O)NC1CCN(C2(CC(=O)O)CNC2)C1. The van der Waals surface area contributed by atoms with Crippen LogP contribution in [-0.2, 0) is 9.53 Å². The number of ether oxygens (including phenoxy) is 1. The zero-order valence-corrected chi connectivity index (χ0v) is 10.4. The predicted molar refractivity (Wildman–Crippen MR) is 63.4 cm³/mol. The number of aliphatic carboxylic acids is 1. The van der Waals surface area contributed by atoms with Gasteiger partial charge in [-0.15, -0.1) is 0 Å². The number of alkyl carbamates (subject to hydrolysis) is 1. The van der Waals surface area contributed by atoms with E-state index >= 15 is 0 Å². The molecule has 7 heteroatoms. The molecule has 1 amide bonds. The van der Waals surface area contributed by atoms with Crippen LogP contribution in [0.25, 0.3) is 0 Å². The van der Waals surface area contributed by atoms with E-state index in [0.717, 1.165) is 13.0 Å². The quantitative estimate of drug-likeness (QED) is 0.613. The van der Waals surface area contributed by atoms with E-state index in [1.54, 1.807) is 0 Å². The van der Waals surface area contributed by atoms with Crippen molar-refractivity contribution in [3.63, 3.8) is 0 Å². The number of nitrogens with zero attached hydrogens (tertiary/aromatic N) is 1. The molecule has 0 aliphatic carbocycles. The van der Waals surface area contributed by atoms with Crippen LogP contribution in [0.1, 0.15) is 12.8 Å². The van der Waals surface area contributed by atoms with Gasteiger partial charge in [0.25, 0.3) is 0 Å². The molecular formula is C11H19N3O4. The Morgan fingerprint density at radius 3 is 2.78 bits per heavy atom. The third-order valence-electron chi connectivity index (χ3n) is 3.75. The Labute approximate surface area is 105 Å². The van der Waals surface area contributed by atoms with Crippen molar-refractivity contribution in [3.8, 4) is 0 Å². The fourth-order valence-corrected chi connectivity index (χ4v) is 2.69. The lowest BCUT2D eigenvalue weighted by Crippen LogP contribution is -2.69. The lowest BCUT2D eigenvalue weighted by Gasteiger charge is -2.48. The monoisotopic (exact) mass is 257 g/mol. The van der Waals surface area contributed by atoms with E-state index in [2.05, 4.69) is 20.3 Å². The van der Waals surface area contributed by atoms with E-state index in [4.69, 9.17) is 5.11 Å². The molecule has 0 bridgehead atoms. The molecule has 2 aliphatic rings. The topological polar surface area (TPSA) is 90.9 Å². The van der Waals surface area contributed by atoms with E-state index in [1.165, 1.54) is 7.11 Å². The van der Waals surface area contributed by atoms with Crippen molar-refractivity contribution in [1.82, 2.24) is 15.5 Å². The lowest BCUT2D eigenvalue weighted by molar-refractivity contribution is -0.141. The van der Waals surface area contributed by atoms with Gasteiger partial charge in [0.05, 0.1) is 19.1 Å². The summed E-state index contributed by atoms with van der Waals surface area (Å²) in [4.78, 5) is 24.2. The second-order valence-electron chi connectivity index (χ2n) is 4.97. The molecule has 1 atom stereocenters. The number of nitrogens with one attached hydrogen (secondary N) is 2. The van der Waals surface area contributed by atoms with Crippen molar-refractivity contribution < 1.29 is 19.4 Å². The molecule has 0 aromatic rings. The predicted octanol–water partition coefficient (Wildman–Crippen LogP) is -0.767. The van der Waals surface area contributed by atoms with Gasteiger partial charge >= 0.3 is 12.1 Å². The number of carboxylic acid groups (broad SMARTS) is 1. The Hall–Kier alpha value is -1.34. The zero-order valence-electron chi connectivity index (χ0n) is 10.4. The van der Waals surface area contributed by atoms with Gasteiger partial charge in [-0.1, -0.05) is 0 Å². The number of hydrogen-bond donors (Lipinski definition) is 3. The number of carbonyl (C=O) groups is 2. The van der Waals surface area contributed by atoms with Crippen LogP contribution >= 0.6 is 0 Å². The fourth-order valence-electron chi connectivity index (χ4n) is 2.69. The van der Waals surface area contributed by atoms with Gasteiger partial charge in [-0.3, -0.25) is 9.69 Å². The molecule has 0 spiro atoms.